The molecule has 0 atom stereocenters. The summed E-state index contributed by atoms with van der Waals surface area (Å²) in [5.41, 5.74) is -0.830. The SMILES string of the molecule is O=C1CCCC2(CCN(c3cc(OCC(F)(F)F)n[nH]c3=O)CC2)N1c1ccc(F)c(F)c1. The van der Waals surface area contributed by atoms with E-state index in [4.69, 9.17) is 0 Å². The molecular weight excluding hydrogens is 451 g/mol. The lowest BCUT2D eigenvalue weighted by atomic mass is 9.77. The van der Waals surface area contributed by atoms with Crippen LogP contribution >= 0.6 is 0 Å². The molecule has 2 fully saturated rings. The maximum atomic E-state index is 13.9. The monoisotopic (exact) mass is 472 g/mol. The summed E-state index contributed by atoms with van der Waals surface area (Å²) in [6, 6.07) is 4.51. The number of aromatic amines is 1. The van der Waals surface area contributed by atoms with Crippen molar-refractivity contribution in [3.63, 3.8) is 0 Å². The van der Waals surface area contributed by atoms with Crippen molar-refractivity contribution in [2.45, 2.75) is 43.8 Å². The Bertz CT molecular complexity index is 1100. The van der Waals surface area contributed by atoms with Gasteiger partial charge in [0.15, 0.2) is 18.2 Å². The fraction of sp³-hybridized carbons (Fsp3) is 0.476. The van der Waals surface area contributed by atoms with Crippen molar-refractivity contribution in [3.8, 4) is 5.88 Å². The van der Waals surface area contributed by atoms with Crippen molar-refractivity contribution >= 4 is 17.3 Å². The van der Waals surface area contributed by atoms with Crippen molar-refractivity contribution in [1.29, 1.82) is 0 Å². The lowest BCUT2D eigenvalue weighted by Crippen LogP contribution is -2.60. The van der Waals surface area contributed by atoms with Gasteiger partial charge in [-0.1, -0.05) is 0 Å². The van der Waals surface area contributed by atoms with Crippen LogP contribution in [0.3, 0.4) is 0 Å². The smallest absolute Gasteiger partial charge is 0.422 e. The lowest BCUT2D eigenvalue weighted by molar-refractivity contribution is -0.154. The predicted molar refractivity (Wildman–Crippen MR) is 108 cm³/mol. The lowest BCUT2D eigenvalue weighted by Gasteiger charge is -2.51. The Balaban J connectivity index is 1.55. The maximum Gasteiger partial charge on any atom is 0.422 e. The van der Waals surface area contributed by atoms with E-state index in [0.717, 1.165) is 18.2 Å². The van der Waals surface area contributed by atoms with Gasteiger partial charge >= 0.3 is 6.18 Å². The standard InChI is InChI=1S/C21H21F5N4O3/c22-14-4-3-13(10-15(14)23)30-18(31)2-1-5-20(30)6-8-29(9-7-20)16-11-17(27-28-19(16)32)33-12-21(24,25)26/h3-4,10-11H,1-2,5-9,12H2,(H,28,32). The highest BCUT2D eigenvalue weighted by molar-refractivity contribution is 5.95. The van der Waals surface area contributed by atoms with Crippen LogP contribution < -0.4 is 20.1 Å². The predicted octanol–water partition coefficient (Wildman–Crippen LogP) is 3.55. The minimum Gasteiger partial charge on any atom is -0.467 e. The molecule has 2 aliphatic rings. The molecule has 0 bridgehead atoms. The summed E-state index contributed by atoms with van der Waals surface area (Å²) in [7, 11) is 0. The van der Waals surface area contributed by atoms with E-state index in [9.17, 15) is 31.5 Å². The number of carbonyl (C=O) groups excluding carboxylic acids is 1. The Morgan fingerprint density at radius 1 is 1.06 bits per heavy atom. The second-order valence-corrected chi connectivity index (χ2v) is 8.22. The zero-order valence-electron chi connectivity index (χ0n) is 17.4. The van der Waals surface area contributed by atoms with Crippen molar-refractivity contribution < 1.29 is 31.5 Å². The summed E-state index contributed by atoms with van der Waals surface area (Å²) in [4.78, 5) is 28.3. The molecule has 2 saturated heterocycles. The van der Waals surface area contributed by atoms with E-state index >= 15 is 0 Å². The Morgan fingerprint density at radius 3 is 2.45 bits per heavy atom. The second-order valence-electron chi connectivity index (χ2n) is 8.22. The third-order valence-corrected chi connectivity index (χ3v) is 6.10. The number of nitrogens with zero attached hydrogens (tertiary/aromatic N) is 3. The molecule has 7 nitrogen and oxygen atoms in total. The number of hydrogen-bond donors (Lipinski definition) is 1. The first kappa shape index (κ1) is 23.0. The molecule has 4 rings (SSSR count). The number of H-pyrrole nitrogens is 1. The van der Waals surface area contributed by atoms with Crippen LogP contribution in [0.25, 0.3) is 0 Å². The van der Waals surface area contributed by atoms with E-state index in [1.165, 1.54) is 11.0 Å². The molecule has 1 N–H and O–H groups in total. The minimum atomic E-state index is -4.55. The van der Waals surface area contributed by atoms with Gasteiger partial charge in [-0.3, -0.25) is 9.59 Å². The zero-order valence-corrected chi connectivity index (χ0v) is 17.4. The molecule has 2 aromatic rings. The number of alkyl halides is 3. The molecule has 1 spiro atoms. The summed E-state index contributed by atoms with van der Waals surface area (Å²) in [5.74, 6) is -2.61. The third-order valence-electron chi connectivity index (χ3n) is 6.10. The van der Waals surface area contributed by atoms with E-state index in [-0.39, 0.29) is 29.6 Å². The number of amides is 1. The first-order valence-electron chi connectivity index (χ1n) is 10.4. The van der Waals surface area contributed by atoms with Crippen LogP contribution in [0.5, 0.6) is 5.88 Å². The van der Waals surface area contributed by atoms with Gasteiger partial charge in [0.25, 0.3) is 5.56 Å². The largest absolute Gasteiger partial charge is 0.467 e. The van der Waals surface area contributed by atoms with Gasteiger partial charge in [-0.25, -0.2) is 13.9 Å². The number of anilines is 2. The van der Waals surface area contributed by atoms with Crippen LogP contribution in [-0.4, -0.2) is 47.5 Å². The minimum absolute atomic E-state index is 0.110. The van der Waals surface area contributed by atoms with E-state index < -0.39 is 35.5 Å². The molecule has 1 aromatic heterocycles. The highest BCUT2D eigenvalue weighted by Gasteiger charge is 2.45. The summed E-state index contributed by atoms with van der Waals surface area (Å²) in [5, 5.41) is 5.64. The van der Waals surface area contributed by atoms with Crippen molar-refractivity contribution in [2.75, 3.05) is 29.5 Å². The summed E-state index contributed by atoms with van der Waals surface area (Å²) >= 11 is 0. The van der Waals surface area contributed by atoms with Crippen molar-refractivity contribution in [2.24, 2.45) is 0 Å². The fourth-order valence-corrected chi connectivity index (χ4v) is 4.58. The van der Waals surface area contributed by atoms with Gasteiger partial charge in [0, 0.05) is 37.3 Å². The molecular formula is C21H21F5N4O3. The molecule has 0 saturated carbocycles. The maximum absolute atomic E-state index is 13.9. The molecule has 1 aromatic carbocycles. The normalized spacial score (nSPS) is 18.6. The summed E-state index contributed by atoms with van der Waals surface area (Å²) in [6.07, 6.45) is -2.11. The zero-order chi connectivity index (χ0) is 23.8. The van der Waals surface area contributed by atoms with Crippen LogP contribution in [0.1, 0.15) is 32.1 Å². The molecule has 2 aliphatic heterocycles. The summed E-state index contributed by atoms with van der Waals surface area (Å²) < 4.78 is 69.2. The van der Waals surface area contributed by atoms with Gasteiger partial charge in [-0.05, 0) is 37.8 Å². The van der Waals surface area contributed by atoms with Crippen LogP contribution in [0, 0.1) is 11.6 Å². The number of hydrogen-bond acceptors (Lipinski definition) is 5. The fourth-order valence-electron chi connectivity index (χ4n) is 4.58. The molecule has 0 unspecified atom stereocenters. The average molecular weight is 472 g/mol. The first-order chi connectivity index (χ1) is 15.6. The highest BCUT2D eigenvalue weighted by Crippen LogP contribution is 2.41. The molecule has 1 amide bonds. The van der Waals surface area contributed by atoms with Gasteiger partial charge < -0.3 is 14.5 Å². The van der Waals surface area contributed by atoms with Crippen LogP contribution in [-0.2, 0) is 4.79 Å². The van der Waals surface area contributed by atoms with Crippen molar-refractivity contribution in [1.82, 2.24) is 10.2 Å². The Morgan fingerprint density at radius 2 is 1.79 bits per heavy atom. The number of rotatable bonds is 4. The van der Waals surface area contributed by atoms with E-state index in [1.54, 1.807) is 4.90 Å². The number of halogens is 5. The van der Waals surface area contributed by atoms with Crippen LogP contribution in [0.15, 0.2) is 29.1 Å². The number of benzene rings is 1. The van der Waals surface area contributed by atoms with Crippen LogP contribution in [0.2, 0.25) is 0 Å². The number of nitrogens with one attached hydrogen (secondary N) is 1. The summed E-state index contributed by atoms with van der Waals surface area (Å²) in [6.45, 7) is -0.904. The number of carbonyl (C=O) groups is 1. The van der Waals surface area contributed by atoms with E-state index in [1.807, 2.05) is 0 Å². The van der Waals surface area contributed by atoms with Crippen molar-refractivity contribution in [3.05, 3.63) is 46.3 Å². The Labute approximate surface area is 185 Å². The quantitative estimate of drug-likeness (QED) is 0.689. The molecule has 0 radical (unpaired) electrons. The highest BCUT2D eigenvalue weighted by atomic mass is 19.4. The average Bonchev–Trinajstić information content (AvgIpc) is 2.76. The van der Waals surface area contributed by atoms with E-state index in [2.05, 4.69) is 14.9 Å². The molecule has 0 aliphatic carbocycles. The van der Waals surface area contributed by atoms with Gasteiger partial charge in [0.2, 0.25) is 11.8 Å². The van der Waals surface area contributed by atoms with Gasteiger partial charge in [-0.2, -0.15) is 13.2 Å². The van der Waals surface area contributed by atoms with Gasteiger partial charge in [-0.15, -0.1) is 5.10 Å². The van der Waals surface area contributed by atoms with Gasteiger partial charge in [0.05, 0.1) is 5.54 Å². The Kier molecular flexibility index (Phi) is 6.02. The molecule has 12 heteroatoms. The van der Waals surface area contributed by atoms with Gasteiger partial charge in [0.1, 0.15) is 5.69 Å². The Hall–Kier alpha value is -3.18. The third kappa shape index (κ3) is 4.79. The number of ether oxygens (including phenoxy) is 1. The van der Waals surface area contributed by atoms with E-state index in [0.29, 0.717) is 38.8 Å². The number of piperidine rings is 2. The molecule has 33 heavy (non-hydrogen) atoms. The number of aromatic nitrogens is 2. The van der Waals surface area contributed by atoms with Crippen LogP contribution in [0.4, 0.5) is 33.3 Å². The first-order valence-corrected chi connectivity index (χ1v) is 10.4. The topological polar surface area (TPSA) is 78.5 Å². The molecule has 178 valence electrons. The molecule has 3 heterocycles. The second kappa shape index (κ2) is 8.64.